The molecule has 1 aromatic carbocycles. The van der Waals surface area contributed by atoms with Crippen LogP contribution in [0.2, 0.25) is 0 Å². The molecule has 0 bridgehead atoms. The molecule has 1 fully saturated rings. The van der Waals surface area contributed by atoms with Crippen molar-refractivity contribution in [2.75, 3.05) is 0 Å². The number of fused-ring (bicyclic) bond motifs is 1. The van der Waals surface area contributed by atoms with E-state index < -0.39 is 6.04 Å². The maximum Gasteiger partial charge on any atom is 0.249 e. The second kappa shape index (κ2) is 8.69. The predicted octanol–water partition coefficient (Wildman–Crippen LogP) is 1.87. The molecule has 0 saturated carbocycles. The number of rotatable bonds is 1. The standard InChI is InChI=1S/C13H11N2O3.C4H9.Y/c16-11-6-5-10(12(17)14-11)15-7-8-3-1-2-4-9(8)13(15)18;1-4(2)3;/h2-4,10H,5-7H2,(H,14,16,17);1-3H3;/q2*-1;. The minimum atomic E-state index is -0.539. The fourth-order valence-electron chi connectivity index (χ4n) is 2.45. The van der Waals surface area contributed by atoms with Gasteiger partial charge in [0.15, 0.2) is 0 Å². The molecule has 1 aromatic rings. The van der Waals surface area contributed by atoms with Gasteiger partial charge in [0.25, 0.3) is 0 Å². The summed E-state index contributed by atoms with van der Waals surface area (Å²) in [5.74, 6) is 0.624. The van der Waals surface area contributed by atoms with Crippen LogP contribution in [0.1, 0.15) is 49.5 Å². The van der Waals surface area contributed by atoms with Crippen molar-refractivity contribution < 1.29 is 47.1 Å². The fourth-order valence-corrected chi connectivity index (χ4v) is 2.45. The van der Waals surface area contributed by atoms with E-state index in [-0.39, 0.29) is 56.9 Å². The Bertz CT molecular complexity index is 599. The molecule has 1 atom stereocenters. The first kappa shape index (κ1) is 20.0. The number of imide groups is 1. The summed E-state index contributed by atoms with van der Waals surface area (Å²) < 4.78 is 0. The van der Waals surface area contributed by atoms with Gasteiger partial charge >= 0.3 is 0 Å². The Hall–Kier alpha value is -1.07. The van der Waals surface area contributed by atoms with Crippen molar-refractivity contribution in [1.29, 1.82) is 0 Å². The third-order valence-electron chi connectivity index (χ3n) is 3.37. The third-order valence-corrected chi connectivity index (χ3v) is 3.37. The Labute approximate surface area is 162 Å². The minimum Gasteiger partial charge on any atom is -0.335 e. The molecule has 3 rings (SSSR count). The molecule has 0 aromatic heterocycles. The quantitative estimate of drug-likeness (QED) is 0.589. The normalized spacial score (nSPS) is 19.6. The summed E-state index contributed by atoms with van der Waals surface area (Å²) in [6.45, 7) is 6.66. The molecule has 1 N–H and O–H groups in total. The van der Waals surface area contributed by atoms with Crippen molar-refractivity contribution in [2.24, 2.45) is 0 Å². The molecule has 3 amide bonds. The number of hydrogen-bond acceptors (Lipinski definition) is 3. The summed E-state index contributed by atoms with van der Waals surface area (Å²) in [5, 5.41) is 2.27. The van der Waals surface area contributed by atoms with Gasteiger partial charge in [-0.05, 0) is 6.42 Å². The Kier molecular flexibility index (Phi) is 7.55. The smallest absolute Gasteiger partial charge is 0.249 e. The molecule has 2 aliphatic rings. The summed E-state index contributed by atoms with van der Waals surface area (Å²) in [6, 6.07) is 7.54. The average molecular weight is 389 g/mol. The van der Waals surface area contributed by atoms with E-state index in [0.717, 1.165) is 5.56 Å². The van der Waals surface area contributed by atoms with Crippen molar-refractivity contribution >= 4 is 17.7 Å². The molecule has 0 spiro atoms. The van der Waals surface area contributed by atoms with E-state index in [1.807, 2.05) is 0 Å². The largest absolute Gasteiger partial charge is 0.335 e. The zero-order chi connectivity index (χ0) is 16.3. The summed E-state index contributed by atoms with van der Waals surface area (Å²) in [6.07, 6.45) is 0.677. The molecule has 1 radical (unpaired) electrons. The van der Waals surface area contributed by atoms with Crippen molar-refractivity contribution in [3.05, 3.63) is 41.3 Å². The summed E-state index contributed by atoms with van der Waals surface area (Å²) in [4.78, 5) is 36.5. The predicted molar refractivity (Wildman–Crippen MR) is 81.6 cm³/mol. The molecule has 0 aliphatic carbocycles. The summed E-state index contributed by atoms with van der Waals surface area (Å²) in [7, 11) is 0. The number of amides is 3. The van der Waals surface area contributed by atoms with Gasteiger partial charge in [0.2, 0.25) is 17.7 Å². The molecule has 5 nitrogen and oxygen atoms in total. The van der Waals surface area contributed by atoms with Gasteiger partial charge in [-0.15, -0.1) is 5.56 Å². The first-order valence-electron chi connectivity index (χ1n) is 7.30. The minimum absolute atomic E-state index is 0. The molecule has 1 saturated heterocycles. The summed E-state index contributed by atoms with van der Waals surface area (Å²) >= 11 is 0. The topological polar surface area (TPSA) is 66.5 Å². The zero-order valence-electron chi connectivity index (χ0n) is 13.7. The van der Waals surface area contributed by atoms with Gasteiger partial charge in [0.05, 0.1) is 0 Å². The maximum atomic E-state index is 12.2. The molecule has 2 heterocycles. The molecular formula is C17H20N2O3Y-2. The molecule has 23 heavy (non-hydrogen) atoms. The first-order chi connectivity index (χ1) is 10.4. The van der Waals surface area contributed by atoms with Gasteiger partial charge in [0, 0.05) is 45.7 Å². The van der Waals surface area contributed by atoms with Gasteiger partial charge in [-0.1, -0.05) is 5.56 Å². The number of benzene rings is 1. The number of nitrogens with zero attached hydrogens (tertiary/aromatic N) is 1. The maximum absolute atomic E-state index is 12.2. The fraction of sp³-hybridized carbons (Fsp3) is 0.412. The SMILES string of the molecule is C[C-](C)C.O=C1CCC(N2Cc3c[c-]ccc3C2=O)C(=O)N1.[Y]. The number of carbonyl (C=O) groups excluding carboxylic acids is 3. The molecule has 2 aliphatic heterocycles. The number of nitrogens with one attached hydrogen (secondary N) is 1. The van der Waals surface area contributed by atoms with E-state index in [1.54, 1.807) is 18.2 Å². The second-order valence-corrected chi connectivity index (χ2v) is 5.98. The van der Waals surface area contributed by atoms with Crippen molar-refractivity contribution in [1.82, 2.24) is 10.2 Å². The molecular weight excluding hydrogens is 369 g/mol. The van der Waals surface area contributed by atoms with E-state index in [0.29, 0.717) is 18.5 Å². The monoisotopic (exact) mass is 389 g/mol. The van der Waals surface area contributed by atoms with Crippen molar-refractivity contribution in [3.8, 4) is 0 Å². The first-order valence-corrected chi connectivity index (χ1v) is 7.30. The molecule has 6 heteroatoms. The van der Waals surface area contributed by atoms with Crippen LogP contribution in [0.15, 0.2) is 18.2 Å². The molecule has 121 valence electrons. The van der Waals surface area contributed by atoms with Crippen LogP contribution < -0.4 is 5.32 Å². The third kappa shape index (κ3) is 4.95. The number of piperidine rings is 1. The Morgan fingerprint density at radius 2 is 1.91 bits per heavy atom. The van der Waals surface area contributed by atoms with Crippen LogP contribution in [-0.2, 0) is 48.8 Å². The summed E-state index contributed by atoms with van der Waals surface area (Å²) in [5.41, 5.74) is 1.51. The van der Waals surface area contributed by atoms with Gasteiger partial charge < -0.3 is 10.8 Å². The van der Waals surface area contributed by atoms with Crippen LogP contribution in [-0.4, -0.2) is 28.7 Å². The van der Waals surface area contributed by atoms with Crippen molar-refractivity contribution in [3.63, 3.8) is 0 Å². The van der Waals surface area contributed by atoms with Crippen LogP contribution >= 0.6 is 0 Å². The van der Waals surface area contributed by atoms with Crippen LogP contribution in [0.4, 0.5) is 0 Å². The Morgan fingerprint density at radius 3 is 2.48 bits per heavy atom. The van der Waals surface area contributed by atoms with Crippen LogP contribution in [0.5, 0.6) is 0 Å². The van der Waals surface area contributed by atoms with E-state index in [1.165, 1.54) is 10.8 Å². The van der Waals surface area contributed by atoms with Crippen LogP contribution in [0.3, 0.4) is 0 Å². The van der Waals surface area contributed by atoms with Crippen LogP contribution in [0, 0.1) is 12.0 Å². The van der Waals surface area contributed by atoms with E-state index in [4.69, 9.17) is 0 Å². The zero-order valence-corrected chi connectivity index (χ0v) is 16.5. The van der Waals surface area contributed by atoms with Gasteiger partial charge in [-0.2, -0.15) is 45.0 Å². The van der Waals surface area contributed by atoms with E-state index >= 15 is 0 Å². The van der Waals surface area contributed by atoms with E-state index in [2.05, 4.69) is 32.2 Å². The Balaban J connectivity index is 0.000000478. The van der Waals surface area contributed by atoms with Gasteiger partial charge in [0.1, 0.15) is 6.04 Å². The van der Waals surface area contributed by atoms with Gasteiger partial charge in [-0.25, -0.2) is 0 Å². The molecule has 1 unspecified atom stereocenters. The number of carbonyl (C=O) groups is 3. The van der Waals surface area contributed by atoms with E-state index in [9.17, 15) is 14.4 Å². The average Bonchev–Trinajstić information content (AvgIpc) is 2.76. The number of hydrogen-bond donors (Lipinski definition) is 1. The Morgan fingerprint density at radius 1 is 1.26 bits per heavy atom. The van der Waals surface area contributed by atoms with Gasteiger partial charge in [-0.3, -0.25) is 19.7 Å². The van der Waals surface area contributed by atoms with Crippen LogP contribution in [0.25, 0.3) is 0 Å². The van der Waals surface area contributed by atoms with Crippen molar-refractivity contribution in [2.45, 2.75) is 46.2 Å². The second-order valence-electron chi connectivity index (χ2n) is 5.98.